The first-order chi connectivity index (χ1) is 15.0. The molecule has 0 radical (unpaired) electrons. The Kier molecular flexibility index (Phi) is 6.15. The predicted molar refractivity (Wildman–Crippen MR) is 117 cm³/mol. The van der Waals surface area contributed by atoms with Crippen LogP contribution in [-0.2, 0) is 4.79 Å². The van der Waals surface area contributed by atoms with Crippen LogP contribution in [0.5, 0.6) is 0 Å². The molecule has 0 aromatic carbocycles. The van der Waals surface area contributed by atoms with Crippen molar-refractivity contribution >= 4 is 29.3 Å². The molecule has 1 saturated heterocycles. The third kappa shape index (κ3) is 4.84. The van der Waals surface area contributed by atoms with Gasteiger partial charge in [0.25, 0.3) is 5.91 Å². The van der Waals surface area contributed by atoms with Crippen LogP contribution in [-0.4, -0.2) is 55.6 Å². The van der Waals surface area contributed by atoms with Gasteiger partial charge < -0.3 is 21.3 Å². The van der Waals surface area contributed by atoms with E-state index in [1.807, 2.05) is 10.9 Å². The molecule has 10 nitrogen and oxygen atoms in total. The van der Waals surface area contributed by atoms with Crippen LogP contribution in [0.4, 0.5) is 17.5 Å². The van der Waals surface area contributed by atoms with Gasteiger partial charge in [-0.2, -0.15) is 10.1 Å². The van der Waals surface area contributed by atoms with Gasteiger partial charge in [0.15, 0.2) is 0 Å². The molecule has 31 heavy (non-hydrogen) atoms. The molecule has 2 aromatic heterocycles. The Morgan fingerprint density at radius 2 is 2.00 bits per heavy atom. The first kappa shape index (κ1) is 20.8. The van der Waals surface area contributed by atoms with Crippen LogP contribution in [0, 0.1) is 0 Å². The van der Waals surface area contributed by atoms with Gasteiger partial charge >= 0.3 is 0 Å². The molecule has 1 aliphatic carbocycles. The summed E-state index contributed by atoms with van der Waals surface area (Å²) >= 11 is 0. The lowest BCUT2D eigenvalue weighted by Gasteiger charge is -2.32. The molecule has 2 fully saturated rings. The fourth-order valence-electron chi connectivity index (χ4n) is 4.23. The number of aromatic nitrogens is 4. The Morgan fingerprint density at radius 1 is 1.19 bits per heavy atom. The summed E-state index contributed by atoms with van der Waals surface area (Å²) in [5.74, 6) is 0.198. The Morgan fingerprint density at radius 3 is 2.74 bits per heavy atom. The molecular formula is C21H28N8O2. The number of nitrogens with zero attached hydrogens (tertiary/aromatic N) is 5. The average Bonchev–Trinajstić information content (AvgIpc) is 3.45. The highest BCUT2D eigenvalue weighted by molar-refractivity contribution is 5.97. The summed E-state index contributed by atoms with van der Waals surface area (Å²) in [5, 5.41) is 10.9. The molecule has 164 valence electrons. The summed E-state index contributed by atoms with van der Waals surface area (Å²) in [7, 11) is 0. The number of likely N-dealkylation sites (tertiary alicyclic amines) is 1. The summed E-state index contributed by atoms with van der Waals surface area (Å²) in [6, 6.07) is 0.391. The number of primary amides is 1. The average molecular weight is 425 g/mol. The molecule has 1 atom stereocenters. The van der Waals surface area contributed by atoms with Crippen LogP contribution in [0.15, 0.2) is 31.2 Å². The smallest absolute Gasteiger partial charge is 0.254 e. The third-order valence-electron chi connectivity index (χ3n) is 5.86. The number of amides is 2. The number of anilines is 3. The Hall–Kier alpha value is -3.43. The highest BCUT2D eigenvalue weighted by Crippen LogP contribution is 2.26. The number of rotatable bonds is 7. The number of nitrogens with one attached hydrogen (secondary N) is 2. The highest BCUT2D eigenvalue weighted by Gasteiger charge is 2.24. The van der Waals surface area contributed by atoms with E-state index in [0.717, 1.165) is 50.8 Å². The highest BCUT2D eigenvalue weighted by atomic mass is 16.2. The molecule has 4 rings (SSSR count). The summed E-state index contributed by atoms with van der Waals surface area (Å²) in [4.78, 5) is 34.2. The van der Waals surface area contributed by atoms with E-state index in [-0.39, 0.29) is 23.6 Å². The predicted octanol–water partition coefficient (Wildman–Crippen LogP) is 2.22. The van der Waals surface area contributed by atoms with Gasteiger partial charge in [-0.05, 0) is 31.8 Å². The van der Waals surface area contributed by atoms with Crippen LogP contribution in [0.25, 0.3) is 0 Å². The maximum Gasteiger partial charge on any atom is 0.254 e. The zero-order valence-corrected chi connectivity index (χ0v) is 17.5. The summed E-state index contributed by atoms with van der Waals surface area (Å²) < 4.78 is 1.86. The van der Waals surface area contributed by atoms with E-state index < -0.39 is 5.91 Å². The summed E-state index contributed by atoms with van der Waals surface area (Å²) in [6.07, 6.45) is 12.6. The number of carbonyl (C=O) groups is 2. The Bertz CT molecular complexity index is 966. The van der Waals surface area contributed by atoms with Gasteiger partial charge in [0, 0.05) is 31.5 Å². The van der Waals surface area contributed by atoms with Crippen LogP contribution >= 0.6 is 0 Å². The van der Waals surface area contributed by atoms with Crippen LogP contribution in [0.3, 0.4) is 0 Å². The van der Waals surface area contributed by atoms with E-state index in [1.165, 1.54) is 12.3 Å². The standard InChI is InChI=1S/C21H28N8O2/c1-2-18(30)28-9-5-8-16(13-28)29-12-15(10-24-29)26-21-23-11-17(19(22)31)20(27-21)25-14-6-3-4-7-14/h2,10-12,14,16H,1,3-9,13H2,(H2,22,31)(H2,23,25,26,27). The van der Waals surface area contributed by atoms with E-state index >= 15 is 0 Å². The number of nitrogens with two attached hydrogens (primary N) is 1. The molecule has 0 spiro atoms. The SMILES string of the molecule is C=CC(=O)N1CCCC(n2cc(Nc3ncc(C(N)=O)c(NC4CCCC4)n3)cn2)C1. The van der Waals surface area contributed by atoms with Crippen molar-refractivity contribution in [2.24, 2.45) is 5.73 Å². The molecule has 1 aliphatic heterocycles. The van der Waals surface area contributed by atoms with E-state index in [1.54, 1.807) is 11.1 Å². The first-order valence-electron chi connectivity index (χ1n) is 10.7. The lowest BCUT2D eigenvalue weighted by molar-refractivity contribution is -0.127. The first-order valence-corrected chi connectivity index (χ1v) is 10.7. The number of carbonyl (C=O) groups excluding carboxylic acids is 2. The van der Waals surface area contributed by atoms with Crippen molar-refractivity contribution in [3.8, 4) is 0 Å². The maximum absolute atomic E-state index is 11.9. The third-order valence-corrected chi connectivity index (χ3v) is 5.86. The topological polar surface area (TPSA) is 131 Å². The fraction of sp³-hybridized carbons (Fsp3) is 0.476. The van der Waals surface area contributed by atoms with E-state index in [9.17, 15) is 9.59 Å². The van der Waals surface area contributed by atoms with Crippen molar-refractivity contribution in [2.45, 2.75) is 50.6 Å². The molecule has 2 aliphatic rings. The van der Waals surface area contributed by atoms with Crippen LogP contribution in [0.2, 0.25) is 0 Å². The lowest BCUT2D eigenvalue weighted by atomic mass is 10.1. The van der Waals surface area contributed by atoms with Crippen LogP contribution < -0.4 is 16.4 Å². The molecule has 1 unspecified atom stereocenters. The monoisotopic (exact) mass is 424 g/mol. The van der Waals surface area contributed by atoms with Crippen molar-refractivity contribution in [3.05, 3.63) is 36.8 Å². The maximum atomic E-state index is 11.9. The van der Waals surface area contributed by atoms with Gasteiger partial charge in [-0.15, -0.1) is 0 Å². The van der Waals surface area contributed by atoms with Gasteiger partial charge in [0.1, 0.15) is 5.82 Å². The summed E-state index contributed by atoms with van der Waals surface area (Å²) in [5.41, 5.74) is 6.50. The van der Waals surface area contributed by atoms with E-state index in [4.69, 9.17) is 5.73 Å². The van der Waals surface area contributed by atoms with Crippen molar-refractivity contribution in [1.82, 2.24) is 24.6 Å². The fourth-order valence-corrected chi connectivity index (χ4v) is 4.23. The lowest BCUT2D eigenvalue weighted by Crippen LogP contribution is -2.39. The number of piperidine rings is 1. The molecular weight excluding hydrogens is 396 g/mol. The minimum atomic E-state index is -0.559. The molecule has 4 N–H and O–H groups in total. The zero-order chi connectivity index (χ0) is 21.8. The van der Waals surface area contributed by atoms with Crippen molar-refractivity contribution in [3.63, 3.8) is 0 Å². The van der Waals surface area contributed by atoms with Crippen LogP contribution in [0.1, 0.15) is 54.9 Å². The van der Waals surface area contributed by atoms with Gasteiger partial charge in [0.2, 0.25) is 11.9 Å². The summed E-state index contributed by atoms with van der Waals surface area (Å²) in [6.45, 7) is 4.91. The van der Waals surface area contributed by atoms with Crippen molar-refractivity contribution in [1.29, 1.82) is 0 Å². The molecule has 10 heteroatoms. The quantitative estimate of drug-likeness (QED) is 0.581. The van der Waals surface area contributed by atoms with Gasteiger partial charge in [-0.25, -0.2) is 4.98 Å². The van der Waals surface area contributed by atoms with E-state index in [2.05, 4.69) is 32.3 Å². The van der Waals surface area contributed by atoms with Gasteiger partial charge in [-0.3, -0.25) is 14.3 Å². The van der Waals surface area contributed by atoms with Crippen molar-refractivity contribution < 1.29 is 9.59 Å². The van der Waals surface area contributed by atoms with E-state index in [0.29, 0.717) is 18.3 Å². The molecule has 2 aromatic rings. The second-order valence-electron chi connectivity index (χ2n) is 8.06. The second kappa shape index (κ2) is 9.15. The molecule has 1 saturated carbocycles. The molecule has 2 amide bonds. The number of hydrogen-bond donors (Lipinski definition) is 3. The zero-order valence-electron chi connectivity index (χ0n) is 17.5. The minimum absolute atomic E-state index is 0.0552. The number of hydrogen-bond acceptors (Lipinski definition) is 7. The normalized spacial score (nSPS) is 19.2. The Labute approximate surface area is 180 Å². The second-order valence-corrected chi connectivity index (χ2v) is 8.06. The van der Waals surface area contributed by atoms with Gasteiger partial charge in [-0.1, -0.05) is 19.4 Å². The molecule has 3 heterocycles. The Balaban J connectivity index is 1.47. The minimum Gasteiger partial charge on any atom is -0.367 e. The molecule has 0 bridgehead atoms. The van der Waals surface area contributed by atoms with Gasteiger partial charge in [0.05, 0.1) is 23.5 Å². The van der Waals surface area contributed by atoms with Crippen molar-refractivity contribution in [2.75, 3.05) is 23.7 Å². The largest absolute Gasteiger partial charge is 0.367 e.